The smallest absolute Gasteiger partial charge is 0.338 e. The Morgan fingerprint density at radius 2 is 1.58 bits per heavy atom. The number of ether oxygens (including phenoxy) is 4. The second-order valence-electron chi connectivity index (χ2n) is 19.9. The number of aromatic hydroxyl groups is 7. The standard InChI is InChI=1S/C27H42O3.C22H18O10/c1-16-7-12-27(29-15-16)17(2)24-23(30-27)14-22-20-6-5-18-13-19(28)8-10-25(18,3)21(20)9-11-26(22,24)4;23-11-6-14(25)12-8-19(32-22(30)10-4-16(27)20(29)17(28)5-10)21(31-18(12)7-11)9-1-2-13(24)15(26)3-9/h9,16-20,22-24,28H,5-8,10-15H2,1-4H3;1-7,19,21,23-29H,8H2. The molecule has 5 fully saturated rings. The van der Waals surface area contributed by atoms with E-state index in [4.69, 9.17) is 18.9 Å². The zero-order chi connectivity index (χ0) is 44.0. The van der Waals surface area contributed by atoms with E-state index in [1.165, 1.54) is 62.8 Å². The summed E-state index contributed by atoms with van der Waals surface area (Å²) in [7, 11) is 0. The summed E-state index contributed by atoms with van der Waals surface area (Å²) in [6.45, 7) is 10.7. The molecule has 8 N–H and O–H groups in total. The summed E-state index contributed by atoms with van der Waals surface area (Å²) in [5.41, 5.74) is 2.78. The number of aliphatic hydroxyl groups excluding tert-OH is 1. The van der Waals surface area contributed by atoms with Gasteiger partial charge in [-0.2, -0.15) is 0 Å². The Balaban J connectivity index is 0.000000158. The van der Waals surface area contributed by atoms with Gasteiger partial charge >= 0.3 is 5.97 Å². The number of carbonyl (C=O) groups excluding carboxylic acids is 1. The minimum Gasteiger partial charge on any atom is -0.508 e. The van der Waals surface area contributed by atoms with Gasteiger partial charge in [-0.05, 0) is 116 Å². The molecular formula is C49H60O13. The molecule has 13 unspecified atom stereocenters. The SMILES string of the molecule is CC1CCC2(OC1)OC1CC3C4CCC5CC(O)CCC5(C)C4=CCC3(C)C1C2C.O=C(OC1Cc2c(O)cc(O)cc2OC1c1ccc(O)c(O)c1)c1cc(O)c(O)c(O)c1. The first-order chi connectivity index (χ1) is 29.4. The minimum atomic E-state index is -1.06. The van der Waals surface area contributed by atoms with E-state index >= 15 is 0 Å². The topological polar surface area (TPSA) is 216 Å². The van der Waals surface area contributed by atoms with E-state index in [-0.39, 0.29) is 52.4 Å². The lowest BCUT2D eigenvalue weighted by Gasteiger charge is -2.57. The number of rotatable bonds is 3. The molecule has 3 aromatic rings. The number of hydrogen-bond acceptors (Lipinski definition) is 13. The van der Waals surface area contributed by atoms with Gasteiger partial charge in [0.1, 0.15) is 23.4 Å². The first-order valence-electron chi connectivity index (χ1n) is 22.3. The van der Waals surface area contributed by atoms with Crippen LogP contribution in [0.15, 0.2) is 54.1 Å². The molecule has 2 saturated heterocycles. The third-order valence-electron chi connectivity index (χ3n) is 16.3. The molecule has 13 atom stereocenters. The van der Waals surface area contributed by atoms with Crippen LogP contribution >= 0.6 is 0 Å². The lowest BCUT2D eigenvalue weighted by atomic mass is 9.48. The van der Waals surface area contributed by atoms with Gasteiger partial charge < -0.3 is 59.8 Å². The lowest BCUT2D eigenvalue weighted by molar-refractivity contribution is -0.272. The van der Waals surface area contributed by atoms with Crippen LogP contribution in [0.25, 0.3) is 0 Å². The molecule has 4 aliphatic carbocycles. The van der Waals surface area contributed by atoms with E-state index in [1.807, 2.05) is 0 Å². The Labute approximate surface area is 361 Å². The van der Waals surface area contributed by atoms with Crippen molar-refractivity contribution >= 4 is 5.97 Å². The predicted molar refractivity (Wildman–Crippen MR) is 225 cm³/mol. The Morgan fingerprint density at radius 3 is 2.29 bits per heavy atom. The molecule has 0 radical (unpaired) electrons. The second-order valence-corrected chi connectivity index (χ2v) is 19.9. The van der Waals surface area contributed by atoms with Crippen LogP contribution in [0.2, 0.25) is 0 Å². The number of allylic oxidation sites excluding steroid dienone is 2. The third-order valence-corrected chi connectivity index (χ3v) is 16.3. The van der Waals surface area contributed by atoms with Crippen LogP contribution in [-0.2, 0) is 20.6 Å². The third kappa shape index (κ3) is 6.99. The van der Waals surface area contributed by atoms with Crippen molar-refractivity contribution < 1.29 is 64.6 Å². The molecule has 3 aromatic carbocycles. The number of aliphatic hydroxyl groups is 1. The zero-order valence-electron chi connectivity index (χ0n) is 35.8. The normalized spacial score (nSPS) is 37.9. The summed E-state index contributed by atoms with van der Waals surface area (Å²) in [4.78, 5) is 12.7. The first-order valence-corrected chi connectivity index (χ1v) is 22.3. The molecule has 7 aliphatic rings. The van der Waals surface area contributed by atoms with Gasteiger partial charge in [-0.1, -0.05) is 45.4 Å². The summed E-state index contributed by atoms with van der Waals surface area (Å²) in [6.07, 6.45) is 11.5. The van der Waals surface area contributed by atoms with Crippen LogP contribution in [0.1, 0.15) is 113 Å². The van der Waals surface area contributed by atoms with E-state index in [0.717, 1.165) is 55.9 Å². The maximum atomic E-state index is 12.7. The van der Waals surface area contributed by atoms with Crippen molar-refractivity contribution in [3.63, 3.8) is 0 Å². The Bertz CT molecular complexity index is 2240. The average Bonchev–Trinajstić information content (AvgIpc) is 3.68. The molecule has 0 amide bonds. The van der Waals surface area contributed by atoms with E-state index in [9.17, 15) is 45.6 Å². The molecule has 0 aromatic heterocycles. The molecule has 3 saturated carbocycles. The van der Waals surface area contributed by atoms with Gasteiger partial charge in [0.25, 0.3) is 0 Å². The highest BCUT2D eigenvalue weighted by molar-refractivity contribution is 5.91. The van der Waals surface area contributed by atoms with Gasteiger partial charge in [-0.15, -0.1) is 0 Å². The monoisotopic (exact) mass is 856 g/mol. The number of esters is 1. The number of hydrogen-bond donors (Lipinski definition) is 8. The zero-order valence-corrected chi connectivity index (χ0v) is 35.8. The van der Waals surface area contributed by atoms with E-state index in [0.29, 0.717) is 46.2 Å². The van der Waals surface area contributed by atoms with Crippen molar-refractivity contribution in [1.82, 2.24) is 0 Å². The lowest BCUT2D eigenvalue weighted by Crippen LogP contribution is -2.50. The van der Waals surface area contributed by atoms with Crippen molar-refractivity contribution in [2.75, 3.05) is 6.61 Å². The summed E-state index contributed by atoms with van der Waals surface area (Å²) < 4.78 is 24.7. The molecule has 0 bridgehead atoms. The highest BCUT2D eigenvalue weighted by Crippen LogP contribution is 2.70. The fourth-order valence-electron chi connectivity index (χ4n) is 13.0. The molecular weight excluding hydrogens is 797 g/mol. The van der Waals surface area contributed by atoms with Gasteiger partial charge in [-0.25, -0.2) is 4.79 Å². The van der Waals surface area contributed by atoms with Crippen molar-refractivity contribution in [1.29, 1.82) is 0 Å². The van der Waals surface area contributed by atoms with E-state index in [1.54, 1.807) is 5.57 Å². The Hall–Kier alpha value is -4.85. The van der Waals surface area contributed by atoms with Gasteiger partial charge in [0.2, 0.25) is 0 Å². The van der Waals surface area contributed by atoms with Crippen LogP contribution in [-0.4, -0.2) is 77.5 Å². The molecule has 3 heterocycles. The molecule has 3 aliphatic heterocycles. The quantitative estimate of drug-likeness (QED) is 0.0709. The fourth-order valence-corrected chi connectivity index (χ4v) is 13.0. The van der Waals surface area contributed by atoms with Crippen LogP contribution in [0.4, 0.5) is 0 Å². The number of phenolic OH excluding ortho intramolecular Hbond substituents is 7. The van der Waals surface area contributed by atoms with Gasteiger partial charge in [0.15, 0.2) is 40.6 Å². The van der Waals surface area contributed by atoms with Crippen LogP contribution in [0.3, 0.4) is 0 Å². The largest absolute Gasteiger partial charge is 0.508 e. The number of phenols is 7. The second kappa shape index (κ2) is 15.4. The summed E-state index contributed by atoms with van der Waals surface area (Å²) in [5, 5.41) is 78.5. The summed E-state index contributed by atoms with van der Waals surface area (Å²) >= 11 is 0. The molecule has 1 spiro atoms. The fraction of sp³-hybridized carbons (Fsp3) is 0.571. The molecule has 62 heavy (non-hydrogen) atoms. The average molecular weight is 857 g/mol. The molecule has 10 rings (SSSR count). The highest BCUT2D eigenvalue weighted by Gasteiger charge is 2.68. The number of fused-ring (bicyclic) bond motifs is 8. The van der Waals surface area contributed by atoms with Crippen molar-refractivity contribution in [2.24, 2.45) is 46.3 Å². The van der Waals surface area contributed by atoms with Gasteiger partial charge in [0, 0.05) is 42.0 Å². The highest BCUT2D eigenvalue weighted by atomic mass is 16.7. The van der Waals surface area contributed by atoms with Gasteiger partial charge in [-0.3, -0.25) is 0 Å². The Kier molecular flexibility index (Phi) is 10.6. The predicted octanol–water partition coefficient (Wildman–Crippen LogP) is 8.24. The maximum Gasteiger partial charge on any atom is 0.338 e. The van der Waals surface area contributed by atoms with E-state index < -0.39 is 41.2 Å². The molecule has 13 heteroatoms. The minimum absolute atomic E-state index is 0.0461. The van der Waals surface area contributed by atoms with Crippen LogP contribution < -0.4 is 4.74 Å². The Morgan fingerprint density at radius 1 is 0.823 bits per heavy atom. The van der Waals surface area contributed by atoms with Crippen molar-refractivity contribution in [3.8, 4) is 46.0 Å². The van der Waals surface area contributed by atoms with E-state index in [2.05, 4.69) is 33.8 Å². The van der Waals surface area contributed by atoms with Crippen molar-refractivity contribution in [2.45, 2.75) is 122 Å². The molecule has 334 valence electrons. The van der Waals surface area contributed by atoms with Crippen molar-refractivity contribution in [3.05, 3.63) is 70.8 Å². The van der Waals surface area contributed by atoms with Gasteiger partial charge in [0.05, 0.1) is 24.4 Å². The van der Waals surface area contributed by atoms with Crippen LogP contribution in [0, 0.1) is 46.3 Å². The number of benzene rings is 3. The number of carbonyl (C=O) groups is 1. The maximum absolute atomic E-state index is 12.7. The summed E-state index contributed by atoms with van der Waals surface area (Å²) in [5.74, 6) is -0.748. The summed E-state index contributed by atoms with van der Waals surface area (Å²) in [6, 6.07) is 8.07. The van der Waals surface area contributed by atoms with Crippen LogP contribution in [0.5, 0.6) is 46.0 Å². The first kappa shape index (κ1) is 42.5. The molecule has 13 nitrogen and oxygen atoms in total.